The van der Waals surface area contributed by atoms with Gasteiger partial charge in [0.1, 0.15) is 0 Å². The van der Waals surface area contributed by atoms with Crippen LogP contribution in [0.1, 0.15) is 45.6 Å². The minimum Gasteiger partial charge on any atom is -0.355 e. The van der Waals surface area contributed by atoms with E-state index in [1.54, 1.807) is 32.0 Å². The minimum atomic E-state index is -3.95. The Balaban J connectivity index is 2.21. The molecule has 1 aliphatic heterocycles. The molecule has 2 amide bonds. The highest BCUT2D eigenvalue weighted by Crippen LogP contribution is 2.30. The molecular weight excluding hydrogens is 328 g/mol. The summed E-state index contributed by atoms with van der Waals surface area (Å²) in [5.74, 6) is -1.26. The van der Waals surface area contributed by atoms with Crippen molar-refractivity contribution in [3.05, 3.63) is 29.8 Å². The van der Waals surface area contributed by atoms with Crippen LogP contribution < -0.4 is 10.0 Å². The Labute approximate surface area is 143 Å². The molecule has 1 aromatic rings. The van der Waals surface area contributed by atoms with Gasteiger partial charge >= 0.3 is 0 Å². The average molecular weight is 352 g/mol. The normalized spacial score (nSPS) is 20.5. The monoisotopic (exact) mass is 352 g/mol. The first-order chi connectivity index (χ1) is 11.0. The maximum Gasteiger partial charge on any atom is 0.264 e. The van der Waals surface area contributed by atoms with Gasteiger partial charge in [-0.3, -0.25) is 9.59 Å². The number of carbonyl (C=O) groups excluding carboxylic acids is 2. The summed E-state index contributed by atoms with van der Waals surface area (Å²) < 4.78 is 27.4. The number of sulfonamides is 1. The lowest BCUT2D eigenvalue weighted by atomic mass is 9.78. The second-order valence-electron chi connectivity index (χ2n) is 7.16. The maximum atomic E-state index is 12.6. The molecule has 0 saturated carbocycles. The lowest BCUT2D eigenvalue weighted by molar-refractivity contribution is -0.136. The molecule has 6 nitrogen and oxygen atoms in total. The van der Waals surface area contributed by atoms with Gasteiger partial charge in [-0.05, 0) is 24.0 Å². The van der Waals surface area contributed by atoms with E-state index in [9.17, 15) is 18.0 Å². The van der Waals surface area contributed by atoms with Crippen LogP contribution in [-0.2, 0) is 19.6 Å². The molecule has 24 heavy (non-hydrogen) atoms. The number of rotatable bonds is 4. The SMILES string of the molecule is CC(C)c1ccccc1S(=O)(=O)NC(=O)C1CNC(=O)C(C)(C)C1. The van der Waals surface area contributed by atoms with Gasteiger partial charge in [-0.2, -0.15) is 0 Å². The minimum absolute atomic E-state index is 0.0146. The quantitative estimate of drug-likeness (QED) is 0.864. The van der Waals surface area contributed by atoms with Crippen molar-refractivity contribution in [2.45, 2.75) is 44.9 Å². The van der Waals surface area contributed by atoms with Gasteiger partial charge in [0, 0.05) is 12.0 Å². The van der Waals surface area contributed by atoms with Crippen LogP contribution in [0.3, 0.4) is 0 Å². The predicted octanol–water partition coefficient (Wildman–Crippen LogP) is 1.78. The first kappa shape index (κ1) is 18.4. The Hall–Kier alpha value is -1.89. The molecule has 0 aliphatic carbocycles. The van der Waals surface area contributed by atoms with E-state index in [0.717, 1.165) is 0 Å². The third kappa shape index (κ3) is 3.77. The molecule has 0 bridgehead atoms. The number of nitrogens with one attached hydrogen (secondary N) is 2. The number of amides is 2. The Morgan fingerprint density at radius 3 is 2.50 bits per heavy atom. The third-order valence-electron chi connectivity index (χ3n) is 4.32. The van der Waals surface area contributed by atoms with Gasteiger partial charge in [0.25, 0.3) is 10.0 Å². The van der Waals surface area contributed by atoms with Gasteiger partial charge in [0.2, 0.25) is 11.8 Å². The summed E-state index contributed by atoms with van der Waals surface area (Å²) in [6.45, 7) is 7.43. The Kier molecular flexibility index (Phi) is 5.03. The molecule has 2 N–H and O–H groups in total. The summed E-state index contributed by atoms with van der Waals surface area (Å²) in [5.41, 5.74) is -0.0325. The molecule has 1 aromatic carbocycles. The van der Waals surface area contributed by atoms with E-state index in [1.165, 1.54) is 6.07 Å². The number of hydrogen-bond donors (Lipinski definition) is 2. The van der Waals surface area contributed by atoms with Gasteiger partial charge in [0.15, 0.2) is 0 Å². The highest BCUT2D eigenvalue weighted by molar-refractivity contribution is 7.90. The fourth-order valence-electron chi connectivity index (χ4n) is 2.89. The van der Waals surface area contributed by atoms with E-state index in [4.69, 9.17) is 0 Å². The first-order valence-electron chi connectivity index (χ1n) is 7.98. The first-order valence-corrected chi connectivity index (χ1v) is 9.47. The maximum absolute atomic E-state index is 12.6. The standard InChI is InChI=1S/C17H24N2O4S/c1-11(2)13-7-5-6-8-14(13)24(22,23)19-15(20)12-9-17(3,4)16(21)18-10-12/h5-8,11-12H,9-10H2,1-4H3,(H,18,21)(H,19,20). The fourth-order valence-corrected chi connectivity index (χ4v) is 4.31. The van der Waals surface area contributed by atoms with Crippen molar-refractivity contribution in [2.75, 3.05) is 6.54 Å². The summed E-state index contributed by atoms with van der Waals surface area (Å²) in [4.78, 5) is 24.3. The molecule has 1 fully saturated rings. The summed E-state index contributed by atoms with van der Waals surface area (Å²) in [6.07, 6.45) is 0.312. The molecule has 0 radical (unpaired) electrons. The van der Waals surface area contributed by atoms with Gasteiger partial charge < -0.3 is 5.32 Å². The molecule has 1 atom stereocenters. The second kappa shape index (κ2) is 6.55. The second-order valence-corrected chi connectivity index (χ2v) is 8.81. The molecule has 1 aliphatic rings. The Bertz CT molecular complexity index is 754. The van der Waals surface area contributed by atoms with E-state index in [1.807, 2.05) is 13.8 Å². The molecule has 1 unspecified atom stereocenters. The van der Waals surface area contributed by atoms with Crippen LogP contribution in [0.2, 0.25) is 0 Å². The van der Waals surface area contributed by atoms with Crippen molar-refractivity contribution in [3.63, 3.8) is 0 Å². The Morgan fingerprint density at radius 2 is 1.92 bits per heavy atom. The average Bonchev–Trinajstić information content (AvgIpc) is 2.49. The fraction of sp³-hybridized carbons (Fsp3) is 0.529. The number of hydrogen-bond acceptors (Lipinski definition) is 4. The smallest absolute Gasteiger partial charge is 0.264 e. The number of benzene rings is 1. The van der Waals surface area contributed by atoms with Crippen LogP contribution in [0.5, 0.6) is 0 Å². The third-order valence-corrected chi connectivity index (χ3v) is 5.74. The summed E-state index contributed by atoms with van der Waals surface area (Å²) in [6, 6.07) is 6.65. The van der Waals surface area contributed by atoms with Crippen LogP contribution in [0, 0.1) is 11.3 Å². The molecular formula is C17H24N2O4S. The molecule has 0 aromatic heterocycles. The zero-order valence-corrected chi connectivity index (χ0v) is 15.2. The van der Waals surface area contributed by atoms with Crippen molar-refractivity contribution in [2.24, 2.45) is 11.3 Å². The van der Waals surface area contributed by atoms with Crippen molar-refractivity contribution < 1.29 is 18.0 Å². The van der Waals surface area contributed by atoms with Crippen LogP contribution in [0.25, 0.3) is 0 Å². The van der Waals surface area contributed by atoms with Crippen LogP contribution >= 0.6 is 0 Å². The zero-order chi connectivity index (χ0) is 18.1. The molecule has 2 rings (SSSR count). The molecule has 132 valence electrons. The number of piperidine rings is 1. The van der Waals surface area contributed by atoms with E-state index < -0.39 is 27.3 Å². The van der Waals surface area contributed by atoms with Crippen molar-refractivity contribution in [3.8, 4) is 0 Å². The number of carbonyl (C=O) groups is 2. The van der Waals surface area contributed by atoms with Gasteiger partial charge in [-0.1, -0.05) is 45.9 Å². The van der Waals surface area contributed by atoms with Crippen molar-refractivity contribution in [1.82, 2.24) is 10.0 Å². The van der Waals surface area contributed by atoms with Crippen molar-refractivity contribution in [1.29, 1.82) is 0 Å². The predicted molar refractivity (Wildman–Crippen MR) is 90.8 cm³/mol. The molecule has 0 spiro atoms. The van der Waals surface area contributed by atoms with E-state index >= 15 is 0 Å². The van der Waals surface area contributed by atoms with E-state index in [-0.39, 0.29) is 23.3 Å². The van der Waals surface area contributed by atoms with E-state index in [2.05, 4.69) is 10.0 Å². The van der Waals surface area contributed by atoms with Crippen LogP contribution in [-0.4, -0.2) is 26.8 Å². The summed E-state index contributed by atoms with van der Waals surface area (Å²) >= 11 is 0. The van der Waals surface area contributed by atoms with Gasteiger partial charge in [-0.15, -0.1) is 0 Å². The zero-order valence-electron chi connectivity index (χ0n) is 14.4. The highest BCUT2D eigenvalue weighted by Gasteiger charge is 2.39. The Morgan fingerprint density at radius 1 is 1.29 bits per heavy atom. The largest absolute Gasteiger partial charge is 0.355 e. The van der Waals surface area contributed by atoms with Crippen LogP contribution in [0.15, 0.2) is 29.2 Å². The molecule has 1 saturated heterocycles. The molecule has 1 heterocycles. The highest BCUT2D eigenvalue weighted by atomic mass is 32.2. The lowest BCUT2D eigenvalue weighted by Crippen LogP contribution is -2.51. The molecule has 7 heteroatoms. The van der Waals surface area contributed by atoms with Gasteiger partial charge in [-0.25, -0.2) is 13.1 Å². The topological polar surface area (TPSA) is 92.3 Å². The van der Waals surface area contributed by atoms with Crippen LogP contribution in [0.4, 0.5) is 0 Å². The van der Waals surface area contributed by atoms with E-state index in [0.29, 0.717) is 12.0 Å². The summed E-state index contributed by atoms with van der Waals surface area (Å²) in [5, 5.41) is 2.66. The summed E-state index contributed by atoms with van der Waals surface area (Å²) in [7, 11) is -3.95. The lowest BCUT2D eigenvalue weighted by Gasteiger charge is -2.33. The van der Waals surface area contributed by atoms with Crippen molar-refractivity contribution >= 4 is 21.8 Å². The van der Waals surface area contributed by atoms with Gasteiger partial charge in [0.05, 0.1) is 10.8 Å².